The summed E-state index contributed by atoms with van der Waals surface area (Å²) in [4.78, 5) is 16.6. The number of aromatic nitrogens is 1. The fourth-order valence-electron chi connectivity index (χ4n) is 2.95. The van der Waals surface area contributed by atoms with Crippen molar-refractivity contribution in [3.8, 4) is 0 Å². The highest BCUT2D eigenvalue weighted by molar-refractivity contribution is 5.91. The second-order valence-corrected chi connectivity index (χ2v) is 5.83. The third-order valence-electron chi connectivity index (χ3n) is 4.22. The maximum absolute atomic E-state index is 12.5. The van der Waals surface area contributed by atoms with E-state index < -0.39 is 0 Å². The molecule has 0 saturated carbocycles. The number of amides is 1. The van der Waals surface area contributed by atoms with Gasteiger partial charge in [-0.3, -0.25) is 4.79 Å². The third-order valence-corrected chi connectivity index (χ3v) is 4.22. The summed E-state index contributed by atoms with van der Waals surface area (Å²) in [5.74, 6) is 0.220. The molecule has 1 aliphatic heterocycles. The molecule has 0 spiro atoms. The summed E-state index contributed by atoms with van der Waals surface area (Å²) in [6.45, 7) is 3.70. The fourth-order valence-corrected chi connectivity index (χ4v) is 2.95. The van der Waals surface area contributed by atoms with Gasteiger partial charge in [-0.1, -0.05) is 23.4 Å². The smallest absolute Gasteiger partial charge is 0.292 e. The minimum absolute atomic E-state index is 0.0967. The minimum Gasteiger partial charge on any atom is -0.369 e. The third kappa shape index (κ3) is 2.98. The van der Waals surface area contributed by atoms with E-state index in [0.717, 1.165) is 31.6 Å². The van der Waals surface area contributed by atoms with E-state index >= 15 is 0 Å². The number of nitrogens with zero attached hydrogens (tertiary/aromatic N) is 3. The number of hydrogen-bond donors (Lipinski definition) is 0. The van der Waals surface area contributed by atoms with E-state index in [9.17, 15) is 4.79 Å². The molecular weight excluding hydrogens is 278 g/mol. The number of hydrogen-bond acceptors (Lipinski definition) is 4. The van der Waals surface area contributed by atoms with Crippen molar-refractivity contribution in [2.24, 2.45) is 0 Å². The van der Waals surface area contributed by atoms with Crippen LogP contribution in [-0.4, -0.2) is 42.1 Å². The predicted octanol–water partition coefficient (Wildman–Crippen LogP) is 2.72. The van der Waals surface area contributed by atoms with Crippen LogP contribution in [0.4, 0.5) is 5.69 Å². The Balaban J connectivity index is 1.70. The lowest BCUT2D eigenvalue weighted by atomic mass is 10.0. The number of anilines is 1. The summed E-state index contributed by atoms with van der Waals surface area (Å²) in [6, 6.07) is 12.2. The van der Waals surface area contributed by atoms with Crippen LogP contribution in [0, 0.1) is 6.92 Å². The van der Waals surface area contributed by atoms with Crippen LogP contribution in [0.2, 0.25) is 0 Å². The van der Waals surface area contributed by atoms with E-state index in [2.05, 4.69) is 22.2 Å². The van der Waals surface area contributed by atoms with Gasteiger partial charge in [-0.15, -0.1) is 0 Å². The standard InChI is InChI=1S/C17H21N3O2/c1-13-11-16(22-18-13)17(21)19(2)15-9-6-10-20(12-15)14-7-4-3-5-8-14/h3-5,7-8,11,15H,6,9-10,12H2,1-2H3. The molecule has 0 radical (unpaired) electrons. The van der Waals surface area contributed by atoms with E-state index in [4.69, 9.17) is 4.52 Å². The van der Waals surface area contributed by atoms with Gasteiger partial charge in [0.2, 0.25) is 5.76 Å². The Morgan fingerprint density at radius 1 is 1.36 bits per heavy atom. The highest BCUT2D eigenvalue weighted by atomic mass is 16.5. The molecule has 1 unspecified atom stereocenters. The molecule has 2 aromatic rings. The summed E-state index contributed by atoms with van der Waals surface area (Å²) in [5, 5.41) is 3.79. The second kappa shape index (κ2) is 6.22. The van der Waals surface area contributed by atoms with Gasteiger partial charge in [-0.2, -0.15) is 0 Å². The summed E-state index contributed by atoms with van der Waals surface area (Å²) in [6.07, 6.45) is 2.09. The summed E-state index contributed by atoms with van der Waals surface area (Å²) in [5.41, 5.74) is 1.94. The summed E-state index contributed by atoms with van der Waals surface area (Å²) in [7, 11) is 1.85. The first kappa shape index (κ1) is 14.6. The van der Waals surface area contributed by atoms with Gasteiger partial charge < -0.3 is 14.3 Å². The van der Waals surface area contributed by atoms with Gasteiger partial charge in [-0.05, 0) is 31.9 Å². The van der Waals surface area contributed by atoms with Crippen LogP contribution in [-0.2, 0) is 0 Å². The highest BCUT2D eigenvalue weighted by Crippen LogP contribution is 2.22. The van der Waals surface area contributed by atoms with Crippen molar-refractivity contribution < 1.29 is 9.32 Å². The van der Waals surface area contributed by atoms with Crippen molar-refractivity contribution in [1.82, 2.24) is 10.1 Å². The van der Waals surface area contributed by atoms with Gasteiger partial charge in [0.05, 0.1) is 5.69 Å². The molecule has 0 aliphatic carbocycles. The fraction of sp³-hybridized carbons (Fsp3) is 0.412. The van der Waals surface area contributed by atoms with Crippen LogP contribution >= 0.6 is 0 Å². The van der Waals surface area contributed by atoms with Crippen molar-refractivity contribution in [3.05, 3.63) is 47.9 Å². The number of carbonyl (C=O) groups excluding carboxylic acids is 1. The lowest BCUT2D eigenvalue weighted by molar-refractivity contribution is 0.0675. The van der Waals surface area contributed by atoms with Crippen molar-refractivity contribution in [3.63, 3.8) is 0 Å². The molecule has 1 aromatic carbocycles. The van der Waals surface area contributed by atoms with E-state index in [0.29, 0.717) is 5.76 Å². The average molecular weight is 299 g/mol. The number of likely N-dealkylation sites (N-methyl/N-ethyl adjacent to an activating group) is 1. The largest absolute Gasteiger partial charge is 0.369 e. The lowest BCUT2D eigenvalue weighted by Crippen LogP contribution is -2.48. The first-order valence-electron chi connectivity index (χ1n) is 7.65. The molecule has 116 valence electrons. The zero-order valence-electron chi connectivity index (χ0n) is 13.0. The Kier molecular flexibility index (Phi) is 4.13. The zero-order valence-corrected chi connectivity index (χ0v) is 13.0. The molecule has 1 atom stereocenters. The molecular formula is C17H21N3O2. The molecule has 1 fully saturated rings. The quantitative estimate of drug-likeness (QED) is 0.874. The van der Waals surface area contributed by atoms with E-state index in [1.165, 1.54) is 5.69 Å². The molecule has 0 bridgehead atoms. The number of para-hydroxylation sites is 1. The van der Waals surface area contributed by atoms with Crippen molar-refractivity contribution in [2.45, 2.75) is 25.8 Å². The minimum atomic E-state index is -0.0967. The van der Waals surface area contributed by atoms with Gasteiger partial charge in [0.25, 0.3) is 5.91 Å². The SMILES string of the molecule is Cc1cc(C(=O)N(C)C2CCCN(c3ccccc3)C2)on1. The van der Waals surface area contributed by atoms with Crippen molar-refractivity contribution in [2.75, 3.05) is 25.0 Å². The Bertz CT molecular complexity index is 638. The first-order valence-corrected chi connectivity index (χ1v) is 7.65. The molecule has 0 N–H and O–H groups in total. The molecule has 5 nitrogen and oxygen atoms in total. The second-order valence-electron chi connectivity index (χ2n) is 5.83. The Labute approximate surface area is 130 Å². The summed E-state index contributed by atoms with van der Waals surface area (Å²) >= 11 is 0. The zero-order chi connectivity index (χ0) is 15.5. The average Bonchev–Trinajstić information content (AvgIpc) is 3.01. The predicted molar refractivity (Wildman–Crippen MR) is 85.0 cm³/mol. The Morgan fingerprint density at radius 3 is 2.82 bits per heavy atom. The van der Waals surface area contributed by atoms with Crippen molar-refractivity contribution >= 4 is 11.6 Å². The van der Waals surface area contributed by atoms with Crippen LogP contribution in [0.1, 0.15) is 29.1 Å². The summed E-state index contributed by atoms with van der Waals surface area (Å²) < 4.78 is 5.09. The number of rotatable bonds is 3. The highest BCUT2D eigenvalue weighted by Gasteiger charge is 2.28. The van der Waals surface area contributed by atoms with Crippen LogP contribution in [0.3, 0.4) is 0 Å². The molecule has 1 aliphatic rings. The maximum Gasteiger partial charge on any atom is 0.292 e. The van der Waals surface area contributed by atoms with E-state index in [1.54, 1.807) is 11.0 Å². The maximum atomic E-state index is 12.5. The molecule has 2 heterocycles. The van der Waals surface area contributed by atoms with Crippen LogP contribution < -0.4 is 4.90 Å². The number of piperidine rings is 1. The topological polar surface area (TPSA) is 49.6 Å². The first-order chi connectivity index (χ1) is 10.6. The van der Waals surface area contributed by atoms with E-state index in [-0.39, 0.29) is 11.9 Å². The van der Waals surface area contributed by atoms with Crippen LogP contribution in [0.5, 0.6) is 0 Å². The van der Waals surface area contributed by atoms with E-state index in [1.807, 2.05) is 32.2 Å². The monoisotopic (exact) mass is 299 g/mol. The van der Waals surface area contributed by atoms with Gasteiger partial charge in [0, 0.05) is 37.9 Å². The number of aryl methyl sites for hydroxylation is 1. The molecule has 1 saturated heterocycles. The molecule has 1 aromatic heterocycles. The Morgan fingerprint density at radius 2 is 2.14 bits per heavy atom. The van der Waals surface area contributed by atoms with Gasteiger partial charge in [0.15, 0.2) is 0 Å². The molecule has 1 amide bonds. The molecule has 5 heteroatoms. The Hall–Kier alpha value is -2.30. The van der Waals surface area contributed by atoms with Crippen LogP contribution in [0.25, 0.3) is 0 Å². The number of carbonyl (C=O) groups is 1. The number of benzene rings is 1. The molecule has 22 heavy (non-hydrogen) atoms. The van der Waals surface area contributed by atoms with Crippen LogP contribution in [0.15, 0.2) is 40.9 Å². The normalized spacial score (nSPS) is 18.3. The van der Waals surface area contributed by atoms with Gasteiger partial charge in [0.1, 0.15) is 0 Å². The van der Waals surface area contributed by atoms with Gasteiger partial charge in [-0.25, -0.2) is 0 Å². The van der Waals surface area contributed by atoms with Crippen molar-refractivity contribution in [1.29, 1.82) is 0 Å². The van der Waals surface area contributed by atoms with Gasteiger partial charge >= 0.3 is 0 Å². The molecule has 3 rings (SSSR count). The lowest BCUT2D eigenvalue weighted by Gasteiger charge is -2.38.